The number of urea groups is 1. The zero-order valence-electron chi connectivity index (χ0n) is 16.3. The SMILES string of the molecule is Cc1ccc(N(C(=O)Nc2cccc3ccccc23)C2=NCC(C)S2)cc1C. The van der Waals surface area contributed by atoms with Crippen LogP contribution < -0.4 is 10.2 Å². The van der Waals surface area contributed by atoms with Crippen LogP contribution in [0.1, 0.15) is 18.1 Å². The number of aryl methyl sites for hydroxylation is 2. The van der Waals surface area contributed by atoms with Crippen molar-refractivity contribution in [2.75, 3.05) is 16.8 Å². The highest BCUT2D eigenvalue weighted by Gasteiger charge is 2.28. The molecule has 0 aromatic heterocycles. The van der Waals surface area contributed by atoms with Gasteiger partial charge in [-0.3, -0.25) is 4.99 Å². The van der Waals surface area contributed by atoms with Crippen LogP contribution in [0, 0.1) is 13.8 Å². The van der Waals surface area contributed by atoms with E-state index >= 15 is 0 Å². The number of hydrogen-bond donors (Lipinski definition) is 1. The second kappa shape index (κ2) is 7.68. The number of rotatable bonds is 2. The van der Waals surface area contributed by atoms with Crippen LogP contribution in [0.25, 0.3) is 10.8 Å². The molecule has 0 bridgehead atoms. The number of nitrogens with zero attached hydrogens (tertiary/aromatic N) is 2. The first-order chi connectivity index (χ1) is 13.5. The van der Waals surface area contributed by atoms with Crippen molar-refractivity contribution >= 4 is 45.1 Å². The molecule has 0 spiro atoms. The maximum absolute atomic E-state index is 13.4. The van der Waals surface area contributed by atoms with Crippen LogP contribution in [0.4, 0.5) is 16.2 Å². The Morgan fingerprint density at radius 2 is 1.86 bits per heavy atom. The largest absolute Gasteiger partial charge is 0.332 e. The Bertz CT molecular complexity index is 1070. The Kier molecular flexibility index (Phi) is 5.09. The molecule has 28 heavy (non-hydrogen) atoms. The average Bonchev–Trinajstić information content (AvgIpc) is 3.11. The molecule has 3 aromatic carbocycles. The number of fused-ring (bicyclic) bond motifs is 1. The van der Waals surface area contributed by atoms with Gasteiger partial charge in [-0.2, -0.15) is 0 Å². The van der Waals surface area contributed by atoms with E-state index in [2.05, 4.69) is 31.1 Å². The summed E-state index contributed by atoms with van der Waals surface area (Å²) in [5, 5.41) is 6.33. The number of nitrogens with one attached hydrogen (secondary N) is 1. The molecule has 0 fully saturated rings. The molecule has 0 saturated heterocycles. The first kappa shape index (κ1) is 18.6. The molecule has 0 radical (unpaired) electrons. The van der Waals surface area contributed by atoms with Crippen LogP contribution in [0.5, 0.6) is 0 Å². The molecule has 3 aromatic rings. The highest BCUT2D eigenvalue weighted by molar-refractivity contribution is 8.15. The van der Waals surface area contributed by atoms with E-state index in [9.17, 15) is 4.79 Å². The van der Waals surface area contributed by atoms with Crippen molar-refractivity contribution in [1.29, 1.82) is 0 Å². The fraction of sp³-hybridized carbons (Fsp3) is 0.217. The van der Waals surface area contributed by atoms with E-state index in [0.717, 1.165) is 39.4 Å². The number of anilines is 2. The quantitative estimate of drug-likeness (QED) is 0.585. The Morgan fingerprint density at radius 3 is 2.61 bits per heavy atom. The minimum Gasteiger partial charge on any atom is -0.307 e. The lowest BCUT2D eigenvalue weighted by atomic mass is 10.1. The standard InChI is InChI=1S/C23H23N3OS/c1-15-11-12-19(13-16(15)2)26(23-24-14-17(3)28-23)22(27)25-21-10-6-8-18-7-4-5-9-20(18)21/h4-13,17H,14H2,1-3H3,(H,25,27). The Hall–Kier alpha value is -2.79. The van der Waals surface area contributed by atoms with Crippen LogP contribution >= 0.6 is 11.8 Å². The zero-order valence-corrected chi connectivity index (χ0v) is 17.1. The highest BCUT2D eigenvalue weighted by Crippen LogP contribution is 2.30. The summed E-state index contributed by atoms with van der Waals surface area (Å²) in [5.41, 5.74) is 3.99. The molecular weight excluding hydrogens is 366 g/mol. The molecule has 4 nitrogen and oxygen atoms in total. The number of amides is 2. The summed E-state index contributed by atoms with van der Waals surface area (Å²) in [6.45, 7) is 6.99. The number of thioether (sulfide) groups is 1. The molecule has 1 atom stereocenters. The fourth-order valence-corrected chi connectivity index (χ4v) is 4.22. The van der Waals surface area contributed by atoms with Gasteiger partial charge in [0.05, 0.1) is 17.9 Å². The van der Waals surface area contributed by atoms with E-state index < -0.39 is 0 Å². The van der Waals surface area contributed by atoms with E-state index in [4.69, 9.17) is 0 Å². The summed E-state index contributed by atoms with van der Waals surface area (Å²) >= 11 is 1.64. The molecule has 0 saturated carbocycles. The third-order valence-electron chi connectivity index (χ3n) is 4.96. The van der Waals surface area contributed by atoms with Crippen molar-refractivity contribution in [3.05, 3.63) is 71.8 Å². The van der Waals surface area contributed by atoms with Crippen molar-refractivity contribution in [2.45, 2.75) is 26.0 Å². The van der Waals surface area contributed by atoms with E-state index in [-0.39, 0.29) is 6.03 Å². The summed E-state index contributed by atoms with van der Waals surface area (Å²) in [7, 11) is 0. The summed E-state index contributed by atoms with van der Waals surface area (Å²) in [5.74, 6) is 0. The zero-order chi connectivity index (χ0) is 19.7. The first-order valence-corrected chi connectivity index (χ1v) is 10.3. The lowest BCUT2D eigenvalue weighted by Gasteiger charge is -2.24. The molecule has 0 aliphatic carbocycles. The topological polar surface area (TPSA) is 44.7 Å². The van der Waals surface area contributed by atoms with Crippen molar-refractivity contribution in [3.63, 3.8) is 0 Å². The predicted octanol–water partition coefficient (Wildman–Crippen LogP) is 5.99. The molecule has 2 amide bonds. The Labute approximate surface area is 169 Å². The van der Waals surface area contributed by atoms with Crippen LogP contribution in [0.2, 0.25) is 0 Å². The maximum atomic E-state index is 13.4. The second-order valence-electron chi connectivity index (χ2n) is 7.11. The summed E-state index contributed by atoms with van der Waals surface area (Å²) in [4.78, 5) is 19.7. The summed E-state index contributed by atoms with van der Waals surface area (Å²) in [6.07, 6.45) is 0. The van der Waals surface area contributed by atoms with Gasteiger partial charge in [-0.25, -0.2) is 9.69 Å². The van der Waals surface area contributed by atoms with Crippen molar-refractivity contribution < 1.29 is 4.79 Å². The summed E-state index contributed by atoms with van der Waals surface area (Å²) < 4.78 is 0. The lowest BCUT2D eigenvalue weighted by Crippen LogP contribution is -2.38. The molecule has 5 heteroatoms. The van der Waals surface area contributed by atoms with Gasteiger partial charge in [0.2, 0.25) is 0 Å². The number of amidine groups is 1. The minimum absolute atomic E-state index is 0.194. The Morgan fingerprint density at radius 1 is 1.07 bits per heavy atom. The van der Waals surface area contributed by atoms with Gasteiger partial charge in [0.15, 0.2) is 5.17 Å². The number of hydrogen-bond acceptors (Lipinski definition) is 3. The van der Waals surface area contributed by atoms with Gasteiger partial charge in [0.1, 0.15) is 0 Å². The van der Waals surface area contributed by atoms with Gasteiger partial charge < -0.3 is 5.32 Å². The van der Waals surface area contributed by atoms with Gasteiger partial charge in [-0.05, 0) is 48.6 Å². The minimum atomic E-state index is -0.194. The summed E-state index contributed by atoms with van der Waals surface area (Å²) in [6, 6.07) is 19.9. The second-order valence-corrected chi connectivity index (χ2v) is 8.52. The third kappa shape index (κ3) is 3.62. The molecule has 1 heterocycles. The van der Waals surface area contributed by atoms with Crippen LogP contribution in [-0.2, 0) is 0 Å². The molecule has 1 N–H and O–H groups in total. The number of carbonyl (C=O) groups excluding carboxylic acids is 1. The van der Waals surface area contributed by atoms with Gasteiger partial charge in [0, 0.05) is 10.6 Å². The van der Waals surface area contributed by atoms with Crippen LogP contribution in [-0.4, -0.2) is 23.0 Å². The molecule has 4 rings (SSSR count). The van der Waals surface area contributed by atoms with Gasteiger partial charge in [-0.1, -0.05) is 61.2 Å². The molecule has 142 valence electrons. The van der Waals surface area contributed by atoms with E-state index in [0.29, 0.717) is 5.25 Å². The van der Waals surface area contributed by atoms with Gasteiger partial charge >= 0.3 is 6.03 Å². The van der Waals surface area contributed by atoms with Gasteiger partial charge in [0.25, 0.3) is 0 Å². The predicted molar refractivity (Wildman–Crippen MR) is 121 cm³/mol. The van der Waals surface area contributed by atoms with E-state index in [1.165, 1.54) is 5.56 Å². The Balaban J connectivity index is 1.71. The monoisotopic (exact) mass is 389 g/mol. The molecule has 1 aliphatic rings. The van der Waals surface area contributed by atoms with Crippen molar-refractivity contribution in [1.82, 2.24) is 0 Å². The maximum Gasteiger partial charge on any atom is 0.332 e. The van der Waals surface area contributed by atoms with Crippen molar-refractivity contribution in [2.24, 2.45) is 4.99 Å². The molecule has 1 unspecified atom stereocenters. The normalized spacial score (nSPS) is 16.1. The third-order valence-corrected chi connectivity index (χ3v) is 6.04. The van der Waals surface area contributed by atoms with Gasteiger partial charge in [-0.15, -0.1) is 0 Å². The highest BCUT2D eigenvalue weighted by atomic mass is 32.2. The van der Waals surface area contributed by atoms with Crippen LogP contribution in [0.3, 0.4) is 0 Å². The lowest BCUT2D eigenvalue weighted by molar-refractivity contribution is 0.259. The number of benzene rings is 3. The first-order valence-electron chi connectivity index (χ1n) is 9.40. The molecule has 1 aliphatic heterocycles. The average molecular weight is 390 g/mol. The number of carbonyl (C=O) groups is 1. The van der Waals surface area contributed by atoms with E-state index in [1.807, 2.05) is 60.7 Å². The molecular formula is C23H23N3OS. The van der Waals surface area contributed by atoms with Crippen LogP contribution in [0.15, 0.2) is 65.7 Å². The smallest absolute Gasteiger partial charge is 0.307 e. The van der Waals surface area contributed by atoms with E-state index in [1.54, 1.807) is 16.7 Å². The fourth-order valence-electron chi connectivity index (χ4n) is 3.27. The van der Waals surface area contributed by atoms with Crippen molar-refractivity contribution in [3.8, 4) is 0 Å². The number of aliphatic imine (C=N–C) groups is 1.